The molecular formula is C15H21FN2O2. The normalized spacial score (nSPS) is 17.4. The number of hydrogen-bond donors (Lipinski definition) is 2. The number of ether oxygens (including phenoxy) is 1. The van der Waals surface area contributed by atoms with Gasteiger partial charge >= 0.3 is 0 Å². The van der Waals surface area contributed by atoms with E-state index >= 15 is 0 Å². The summed E-state index contributed by atoms with van der Waals surface area (Å²) in [4.78, 5) is 0. The molecule has 1 aliphatic carbocycles. The Labute approximate surface area is 118 Å². The molecule has 3 N–H and O–H groups in total. The fraction of sp³-hybridized carbons (Fsp3) is 0.533. The maximum atomic E-state index is 13.8. The fourth-order valence-electron chi connectivity index (χ4n) is 2.57. The van der Waals surface area contributed by atoms with E-state index in [1.807, 2.05) is 0 Å². The lowest BCUT2D eigenvalue weighted by Gasteiger charge is -2.21. The van der Waals surface area contributed by atoms with Gasteiger partial charge in [-0.25, -0.2) is 4.39 Å². The van der Waals surface area contributed by atoms with Crippen molar-refractivity contribution in [3.63, 3.8) is 0 Å². The molecule has 0 radical (unpaired) electrons. The van der Waals surface area contributed by atoms with E-state index in [4.69, 9.17) is 15.7 Å². The smallest absolute Gasteiger partial charge is 0.170 e. The Morgan fingerprint density at radius 3 is 2.75 bits per heavy atom. The number of hydrogen-bond acceptors (Lipinski definition) is 3. The molecule has 1 aromatic rings. The molecule has 2 rings (SSSR count). The van der Waals surface area contributed by atoms with Crippen molar-refractivity contribution in [2.75, 3.05) is 6.61 Å². The van der Waals surface area contributed by atoms with Crippen molar-refractivity contribution in [2.24, 2.45) is 16.8 Å². The number of halogens is 1. The Balaban J connectivity index is 1.86. The molecule has 0 aliphatic heterocycles. The lowest BCUT2D eigenvalue weighted by Crippen LogP contribution is -2.15. The molecule has 110 valence electrons. The molecule has 4 nitrogen and oxygen atoms in total. The summed E-state index contributed by atoms with van der Waals surface area (Å²) in [6, 6.07) is 4.50. The summed E-state index contributed by atoms with van der Waals surface area (Å²) in [6.07, 6.45) is 6.30. The third kappa shape index (κ3) is 3.93. The Morgan fingerprint density at radius 1 is 1.35 bits per heavy atom. The van der Waals surface area contributed by atoms with Crippen molar-refractivity contribution in [3.8, 4) is 0 Å². The molecule has 5 heteroatoms. The van der Waals surface area contributed by atoms with Crippen molar-refractivity contribution < 1.29 is 14.3 Å². The van der Waals surface area contributed by atoms with E-state index in [-0.39, 0.29) is 12.4 Å². The van der Waals surface area contributed by atoms with E-state index in [0.29, 0.717) is 23.7 Å². The molecule has 0 unspecified atom stereocenters. The van der Waals surface area contributed by atoms with Crippen LogP contribution in [0, 0.1) is 11.7 Å². The molecule has 0 saturated heterocycles. The van der Waals surface area contributed by atoms with Gasteiger partial charge in [0.25, 0.3) is 0 Å². The lowest BCUT2D eigenvalue weighted by atomic mass is 9.90. The maximum Gasteiger partial charge on any atom is 0.170 e. The molecule has 1 aliphatic rings. The topological polar surface area (TPSA) is 67.8 Å². The number of benzene rings is 1. The predicted octanol–water partition coefficient (Wildman–Crippen LogP) is 3.02. The Kier molecular flexibility index (Phi) is 5.35. The molecule has 0 bridgehead atoms. The first-order chi connectivity index (χ1) is 9.70. The molecular weight excluding hydrogens is 259 g/mol. The average molecular weight is 280 g/mol. The third-order valence-electron chi connectivity index (χ3n) is 3.79. The zero-order valence-corrected chi connectivity index (χ0v) is 11.5. The Morgan fingerprint density at radius 2 is 2.10 bits per heavy atom. The third-order valence-corrected chi connectivity index (χ3v) is 3.79. The van der Waals surface area contributed by atoms with Crippen LogP contribution < -0.4 is 5.73 Å². The second-order valence-corrected chi connectivity index (χ2v) is 5.31. The number of nitrogens with two attached hydrogens (primary N) is 1. The van der Waals surface area contributed by atoms with Crippen LogP contribution in [-0.2, 0) is 11.3 Å². The van der Waals surface area contributed by atoms with Crippen LogP contribution in [0.2, 0.25) is 0 Å². The number of rotatable bonds is 5. The predicted molar refractivity (Wildman–Crippen MR) is 75.1 cm³/mol. The minimum Gasteiger partial charge on any atom is -0.409 e. The number of nitrogens with zero attached hydrogens (tertiary/aromatic N) is 1. The van der Waals surface area contributed by atoms with Crippen molar-refractivity contribution >= 4 is 5.84 Å². The minimum atomic E-state index is -0.391. The van der Waals surface area contributed by atoms with E-state index in [1.165, 1.54) is 38.2 Å². The van der Waals surface area contributed by atoms with Gasteiger partial charge in [0.05, 0.1) is 6.61 Å². The largest absolute Gasteiger partial charge is 0.409 e. The molecule has 0 heterocycles. The molecule has 1 saturated carbocycles. The zero-order chi connectivity index (χ0) is 14.4. The Bertz CT molecular complexity index is 471. The van der Waals surface area contributed by atoms with Gasteiger partial charge in [-0.05, 0) is 24.8 Å². The maximum absolute atomic E-state index is 13.8. The molecule has 0 atom stereocenters. The lowest BCUT2D eigenvalue weighted by molar-refractivity contribution is 0.0723. The highest BCUT2D eigenvalue weighted by Gasteiger charge is 2.14. The van der Waals surface area contributed by atoms with Gasteiger partial charge in [-0.1, -0.05) is 36.6 Å². The molecule has 1 fully saturated rings. The van der Waals surface area contributed by atoms with Crippen LogP contribution in [0.1, 0.15) is 43.2 Å². The van der Waals surface area contributed by atoms with Crippen LogP contribution in [-0.4, -0.2) is 17.6 Å². The van der Waals surface area contributed by atoms with Crippen LogP contribution in [0.4, 0.5) is 4.39 Å². The highest BCUT2D eigenvalue weighted by molar-refractivity contribution is 5.97. The molecule has 1 aromatic carbocycles. The second kappa shape index (κ2) is 7.24. The summed E-state index contributed by atoms with van der Waals surface area (Å²) in [7, 11) is 0. The van der Waals surface area contributed by atoms with Crippen molar-refractivity contribution in [3.05, 3.63) is 35.1 Å². The monoisotopic (exact) mass is 280 g/mol. The fourth-order valence-corrected chi connectivity index (χ4v) is 2.57. The van der Waals surface area contributed by atoms with Gasteiger partial charge in [-0.3, -0.25) is 0 Å². The van der Waals surface area contributed by atoms with E-state index in [9.17, 15) is 4.39 Å². The van der Waals surface area contributed by atoms with Gasteiger partial charge in [0.2, 0.25) is 0 Å². The van der Waals surface area contributed by atoms with Gasteiger partial charge in [-0.15, -0.1) is 0 Å². The molecule has 0 spiro atoms. The van der Waals surface area contributed by atoms with Gasteiger partial charge in [0.15, 0.2) is 5.84 Å². The Hall–Kier alpha value is -1.62. The number of amidine groups is 1. The molecule has 20 heavy (non-hydrogen) atoms. The van der Waals surface area contributed by atoms with Gasteiger partial charge in [-0.2, -0.15) is 0 Å². The first kappa shape index (κ1) is 14.8. The van der Waals surface area contributed by atoms with Gasteiger partial charge in [0.1, 0.15) is 5.82 Å². The zero-order valence-electron chi connectivity index (χ0n) is 11.5. The quantitative estimate of drug-likeness (QED) is 0.377. The number of oxime groups is 1. The summed E-state index contributed by atoms with van der Waals surface area (Å²) in [6.45, 7) is 0.959. The SMILES string of the molecule is NC(=NO)c1ccc(COCC2CCCCC2)c(F)c1. The second-order valence-electron chi connectivity index (χ2n) is 5.31. The van der Waals surface area contributed by atoms with Crippen LogP contribution >= 0.6 is 0 Å². The summed E-state index contributed by atoms with van der Waals surface area (Å²) in [5, 5.41) is 11.4. The summed E-state index contributed by atoms with van der Waals surface area (Å²) >= 11 is 0. The van der Waals surface area contributed by atoms with Crippen LogP contribution in [0.3, 0.4) is 0 Å². The molecule has 0 aromatic heterocycles. The van der Waals surface area contributed by atoms with Crippen LogP contribution in [0.5, 0.6) is 0 Å². The van der Waals surface area contributed by atoms with Crippen molar-refractivity contribution in [1.82, 2.24) is 0 Å². The highest BCUT2D eigenvalue weighted by Crippen LogP contribution is 2.24. The van der Waals surface area contributed by atoms with E-state index < -0.39 is 5.82 Å². The van der Waals surface area contributed by atoms with Gasteiger partial charge in [0, 0.05) is 17.7 Å². The summed E-state index contributed by atoms with van der Waals surface area (Å²) in [5.41, 5.74) is 6.27. The first-order valence-corrected chi connectivity index (χ1v) is 7.04. The van der Waals surface area contributed by atoms with E-state index in [1.54, 1.807) is 12.1 Å². The standard InChI is InChI=1S/C15H21FN2O2/c16-14-8-12(15(17)18-19)6-7-13(14)10-20-9-11-4-2-1-3-5-11/h6-8,11,19H,1-5,9-10H2,(H2,17,18). The highest BCUT2D eigenvalue weighted by atomic mass is 19.1. The van der Waals surface area contributed by atoms with Crippen molar-refractivity contribution in [2.45, 2.75) is 38.7 Å². The average Bonchev–Trinajstić information content (AvgIpc) is 2.49. The summed E-state index contributed by atoms with van der Waals surface area (Å²) in [5.74, 6) is 0.125. The van der Waals surface area contributed by atoms with E-state index in [2.05, 4.69) is 5.16 Å². The minimum absolute atomic E-state index is 0.0985. The summed E-state index contributed by atoms with van der Waals surface area (Å²) < 4.78 is 19.5. The van der Waals surface area contributed by atoms with Crippen molar-refractivity contribution in [1.29, 1.82) is 0 Å². The molecule has 0 amide bonds. The van der Waals surface area contributed by atoms with Gasteiger partial charge < -0.3 is 15.7 Å². The first-order valence-electron chi connectivity index (χ1n) is 7.04. The van der Waals surface area contributed by atoms with Crippen LogP contribution in [0.25, 0.3) is 0 Å². The van der Waals surface area contributed by atoms with Crippen LogP contribution in [0.15, 0.2) is 23.4 Å². The van der Waals surface area contributed by atoms with E-state index in [0.717, 1.165) is 0 Å².